The first-order valence-corrected chi connectivity index (χ1v) is 6.78. The topological polar surface area (TPSA) is 50.7 Å². The number of hydrogen-bond donors (Lipinski definition) is 1. The number of hydrazone groups is 1. The summed E-state index contributed by atoms with van der Waals surface area (Å²) >= 11 is 3.58. The van der Waals surface area contributed by atoms with Crippen molar-refractivity contribution in [3.63, 3.8) is 0 Å². The monoisotopic (exact) mass is 308 g/mol. The summed E-state index contributed by atoms with van der Waals surface area (Å²) in [6, 6.07) is 6.17. The summed E-state index contributed by atoms with van der Waals surface area (Å²) in [5.41, 5.74) is 5.45. The summed E-state index contributed by atoms with van der Waals surface area (Å²) in [4.78, 5) is 11.0. The van der Waals surface area contributed by atoms with Gasteiger partial charge in [0.2, 0.25) is 0 Å². The Labute approximate surface area is 114 Å². The number of nitrogens with zero attached hydrogens (tertiary/aromatic N) is 1. The fourth-order valence-corrected chi connectivity index (χ4v) is 2.72. The number of carbonyl (C=O) groups is 1. The van der Waals surface area contributed by atoms with E-state index in [4.69, 9.17) is 4.74 Å². The van der Waals surface area contributed by atoms with E-state index in [0.29, 0.717) is 5.92 Å². The third kappa shape index (κ3) is 2.14. The number of ether oxygens (including phenoxy) is 1. The van der Waals surface area contributed by atoms with Crippen LogP contribution in [0.3, 0.4) is 0 Å². The maximum Gasteiger partial charge on any atom is 0.428 e. The average molecular weight is 309 g/mol. The van der Waals surface area contributed by atoms with Gasteiger partial charge in [-0.3, -0.25) is 0 Å². The SMILES string of the molecule is C[C@@H]1OC(=O)NN=C1c1ccc(Br)c(C2CC2)c1. The average Bonchev–Trinajstić information content (AvgIpc) is 3.14. The molecule has 1 aromatic carbocycles. The summed E-state index contributed by atoms with van der Waals surface area (Å²) < 4.78 is 6.25. The van der Waals surface area contributed by atoms with Crippen molar-refractivity contribution in [2.45, 2.75) is 31.8 Å². The zero-order valence-corrected chi connectivity index (χ0v) is 11.5. The highest BCUT2D eigenvalue weighted by Crippen LogP contribution is 2.43. The molecule has 1 heterocycles. The predicted molar refractivity (Wildman–Crippen MR) is 71.7 cm³/mol. The molecule has 2 aliphatic rings. The van der Waals surface area contributed by atoms with E-state index < -0.39 is 6.09 Å². The van der Waals surface area contributed by atoms with Crippen LogP contribution in [0.1, 0.15) is 36.8 Å². The summed E-state index contributed by atoms with van der Waals surface area (Å²) in [6.07, 6.45) is 1.69. The summed E-state index contributed by atoms with van der Waals surface area (Å²) in [5.74, 6) is 0.661. The molecule has 0 spiro atoms. The Morgan fingerprint density at radius 2 is 2.22 bits per heavy atom. The first kappa shape index (κ1) is 11.7. The van der Waals surface area contributed by atoms with Crippen molar-refractivity contribution in [3.8, 4) is 0 Å². The number of rotatable bonds is 2. The third-order valence-corrected chi connectivity index (χ3v) is 3.97. The Balaban J connectivity index is 1.96. The van der Waals surface area contributed by atoms with Gasteiger partial charge in [0.1, 0.15) is 11.8 Å². The Morgan fingerprint density at radius 1 is 1.44 bits per heavy atom. The van der Waals surface area contributed by atoms with Gasteiger partial charge in [0.15, 0.2) is 0 Å². The molecule has 1 saturated carbocycles. The molecular weight excluding hydrogens is 296 g/mol. The van der Waals surface area contributed by atoms with E-state index in [0.717, 1.165) is 15.7 Å². The molecule has 0 aromatic heterocycles. The molecule has 1 aromatic rings. The van der Waals surface area contributed by atoms with Crippen LogP contribution in [-0.2, 0) is 4.74 Å². The number of halogens is 1. The van der Waals surface area contributed by atoms with Gasteiger partial charge in [-0.15, -0.1) is 0 Å². The molecule has 4 nitrogen and oxygen atoms in total. The van der Waals surface area contributed by atoms with Crippen LogP contribution in [0.4, 0.5) is 4.79 Å². The Kier molecular flexibility index (Phi) is 2.86. The zero-order valence-electron chi connectivity index (χ0n) is 9.94. The lowest BCUT2D eigenvalue weighted by molar-refractivity contribution is 0.127. The van der Waals surface area contributed by atoms with E-state index in [2.05, 4.69) is 32.5 Å². The standard InChI is InChI=1S/C13H13BrN2O2/c1-7-12(15-16-13(17)18-7)9-4-5-11(14)10(6-9)8-2-3-8/h4-8H,2-3H2,1H3,(H,16,17)/t7-/m0/s1. The lowest BCUT2D eigenvalue weighted by atomic mass is 10.0. The molecule has 1 fully saturated rings. The number of nitrogens with one attached hydrogen (secondary N) is 1. The minimum atomic E-state index is -0.495. The van der Waals surface area contributed by atoms with Crippen molar-refractivity contribution in [1.29, 1.82) is 0 Å². The van der Waals surface area contributed by atoms with E-state index in [1.54, 1.807) is 0 Å². The molecule has 94 valence electrons. The van der Waals surface area contributed by atoms with Gasteiger partial charge in [-0.1, -0.05) is 22.0 Å². The second-order valence-electron chi connectivity index (χ2n) is 4.67. The maximum absolute atomic E-state index is 11.0. The smallest absolute Gasteiger partial charge is 0.428 e. The Hall–Kier alpha value is -1.36. The molecule has 18 heavy (non-hydrogen) atoms. The van der Waals surface area contributed by atoms with Crippen molar-refractivity contribution in [2.24, 2.45) is 5.10 Å². The van der Waals surface area contributed by atoms with Crippen LogP contribution < -0.4 is 5.43 Å². The third-order valence-electron chi connectivity index (χ3n) is 3.25. The lowest BCUT2D eigenvalue weighted by Crippen LogP contribution is -2.37. The molecule has 1 N–H and O–H groups in total. The highest BCUT2D eigenvalue weighted by molar-refractivity contribution is 9.10. The van der Waals surface area contributed by atoms with Crippen LogP contribution in [0.5, 0.6) is 0 Å². The van der Waals surface area contributed by atoms with Gasteiger partial charge in [-0.05, 0) is 43.4 Å². The van der Waals surface area contributed by atoms with Crippen LogP contribution >= 0.6 is 15.9 Å². The quantitative estimate of drug-likeness (QED) is 0.912. The molecule has 0 bridgehead atoms. The van der Waals surface area contributed by atoms with Gasteiger partial charge >= 0.3 is 6.09 Å². The molecular formula is C13H13BrN2O2. The van der Waals surface area contributed by atoms with Crippen molar-refractivity contribution in [3.05, 3.63) is 33.8 Å². The van der Waals surface area contributed by atoms with Gasteiger partial charge in [-0.25, -0.2) is 10.2 Å². The molecule has 0 radical (unpaired) electrons. The number of amides is 1. The van der Waals surface area contributed by atoms with Gasteiger partial charge < -0.3 is 4.74 Å². The number of hydrogen-bond acceptors (Lipinski definition) is 3. The maximum atomic E-state index is 11.0. The fourth-order valence-electron chi connectivity index (χ4n) is 2.15. The van der Waals surface area contributed by atoms with Crippen LogP contribution in [0.2, 0.25) is 0 Å². The first-order chi connectivity index (χ1) is 8.65. The van der Waals surface area contributed by atoms with Crippen molar-refractivity contribution < 1.29 is 9.53 Å². The lowest BCUT2D eigenvalue weighted by Gasteiger charge is -2.20. The van der Waals surface area contributed by atoms with Crippen molar-refractivity contribution in [1.82, 2.24) is 5.43 Å². The minimum absolute atomic E-state index is 0.313. The van der Waals surface area contributed by atoms with E-state index in [1.807, 2.05) is 19.1 Å². The molecule has 5 heteroatoms. The van der Waals surface area contributed by atoms with E-state index >= 15 is 0 Å². The van der Waals surface area contributed by atoms with Crippen molar-refractivity contribution in [2.75, 3.05) is 0 Å². The Morgan fingerprint density at radius 3 is 2.89 bits per heavy atom. The second-order valence-corrected chi connectivity index (χ2v) is 5.52. The van der Waals surface area contributed by atoms with Crippen LogP contribution in [0.15, 0.2) is 27.8 Å². The highest BCUT2D eigenvalue weighted by Gasteiger charge is 2.28. The molecule has 1 atom stereocenters. The summed E-state index contributed by atoms with van der Waals surface area (Å²) in [6.45, 7) is 1.83. The minimum Gasteiger partial charge on any atom is -0.439 e. The van der Waals surface area contributed by atoms with Gasteiger partial charge in [0, 0.05) is 10.0 Å². The number of cyclic esters (lactones) is 1. The van der Waals surface area contributed by atoms with Gasteiger partial charge in [0.25, 0.3) is 0 Å². The summed E-state index contributed by atoms with van der Waals surface area (Å²) in [7, 11) is 0. The largest absolute Gasteiger partial charge is 0.439 e. The van der Waals surface area contributed by atoms with Gasteiger partial charge in [0.05, 0.1) is 0 Å². The van der Waals surface area contributed by atoms with Crippen LogP contribution in [-0.4, -0.2) is 17.9 Å². The fraction of sp³-hybridized carbons (Fsp3) is 0.385. The van der Waals surface area contributed by atoms with Crippen molar-refractivity contribution >= 4 is 27.7 Å². The molecule has 0 saturated heterocycles. The molecule has 0 unspecified atom stereocenters. The molecule has 1 aliphatic heterocycles. The van der Waals surface area contributed by atoms with Crippen LogP contribution in [0.25, 0.3) is 0 Å². The Bertz CT molecular complexity index is 538. The van der Waals surface area contributed by atoms with Gasteiger partial charge in [-0.2, -0.15) is 5.10 Å². The molecule has 3 rings (SSSR count). The summed E-state index contributed by atoms with van der Waals surface area (Å²) in [5, 5.41) is 4.09. The van der Waals surface area contributed by atoms with E-state index in [-0.39, 0.29) is 6.10 Å². The zero-order chi connectivity index (χ0) is 12.7. The highest BCUT2D eigenvalue weighted by atomic mass is 79.9. The predicted octanol–water partition coefficient (Wildman–Crippen LogP) is 3.16. The number of carbonyl (C=O) groups excluding carboxylic acids is 1. The second kappa shape index (κ2) is 4.39. The normalized spacial score (nSPS) is 23.1. The molecule has 1 amide bonds. The van der Waals surface area contributed by atoms with E-state index in [9.17, 15) is 4.79 Å². The van der Waals surface area contributed by atoms with Crippen LogP contribution in [0, 0.1) is 0 Å². The van der Waals surface area contributed by atoms with E-state index in [1.165, 1.54) is 18.4 Å². The number of benzene rings is 1. The first-order valence-electron chi connectivity index (χ1n) is 5.99. The molecule has 1 aliphatic carbocycles.